The smallest absolute Gasteiger partial charge is 0.240 e. The molecule has 0 saturated carbocycles. The molecule has 0 spiro atoms. The summed E-state index contributed by atoms with van der Waals surface area (Å²) < 4.78 is 5.21. The first-order valence-corrected chi connectivity index (χ1v) is 11.7. The molecule has 3 aliphatic rings. The number of imide groups is 1. The molecule has 0 unspecified atom stereocenters. The van der Waals surface area contributed by atoms with Crippen molar-refractivity contribution in [1.29, 1.82) is 0 Å². The average Bonchev–Trinajstić information content (AvgIpc) is 3.25. The minimum absolute atomic E-state index is 0.0587. The largest absolute Gasteiger partial charge is 0.497 e. The fraction of sp³-hybridized carbons (Fsp3) is 0.370. The van der Waals surface area contributed by atoms with Gasteiger partial charge in [-0.3, -0.25) is 14.4 Å². The van der Waals surface area contributed by atoms with Crippen LogP contribution in [0.4, 0.5) is 11.4 Å². The van der Waals surface area contributed by atoms with Gasteiger partial charge in [-0.15, -0.1) is 0 Å². The third-order valence-corrected chi connectivity index (χ3v) is 7.38. The van der Waals surface area contributed by atoms with Gasteiger partial charge < -0.3 is 9.64 Å². The monoisotopic (exact) mass is 478 g/mol. The summed E-state index contributed by atoms with van der Waals surface area (Å²) in [5.41, 5.74) is 2.53. The van der Waals surface area contributed by atoms with Crippen LogP contribution in [0.5, 0.6) is 5.75 Å². The molecule has 2 aromatic rings. The highest BCUT2D eigenvalue weighted by atomic mass is 35.5. The van der Waals surface area contributed by atoms with E-state index in [0.29, 0.717) is 16.5 Å². The predicted molar refractivity (Wildman–Crippen MR) is 132 cm³/mol. The number of ketones is 1. The van der Waals surface area contributed by atoms with Crippen molar-refractivity contribution < 1.29 is 19.1 Å². The molecule has 176 valence electrons. The van der Waals surface area contributed by atoms with Gasteiger partial charge in [0.1, 0.15) is 11.8 Å². The van der Waals surface area contributed by atoms with Crippen molar-refractivity contribution in [1.82, 2.24) is 0 Å². The van der Waals surface area contributed by atoms with Crippen molar-refractivity contribution >= 4 is 46.1 Å². The zero-order valence-corrected chi connectivity index (χ0v) is 20.6. The van der Waals surface area contributed by atoms with E-state index in [2.05, 4.69) is 0 Å². The van der Waals surface area contributed by atoms with Gasteiger partial charge in [-0.1, -0.05) is 38.4 Å². The van der Waals surface area contributed by atoms with Crippen LogP contribution in [0.25, 0.3) is 5.57 Å². The molecule has 5 rings (SSSR count). The van der Waals surface area contributed by atoms with Gasteiger partial charge in [-0.25, -0.2) is 4.90 Å². The quantitative estimate of drug-likeness (QED) is 0.596. The number of rotatable bonds is 3. The van der Waals surface area contributed by atoms with Gasteiger partial charge in [0.25, 0.3) is 0 Å². The lowest BCUT2D eigenvalue weighted by Crippen LogP contribution is -2.51. The summed E-state index contributed by atoms with van der Waals surface area (Å²) in [6, 6.07) is 11.3. The van der Waals surface area contributed by atoms with E-state index in [-0.39, 0.29) is 17.6 Å². The number of Topliss-reactive ketones (excluding diaryl/α,β-unsaturated/α-hetero) is 1. The van der Waals surface area contributed by atoms with Crippen LogP contribution < -0.4 is 14.5 Å². The van der Waals surface area contributed by atoms with Crippen LogP contribution in [0.2, 0.25) is 5.02 Å². The summed E-state index contributed by atoms with van der Waals surface area (Å²) in [5.74, 6) is -1.45. The van der Waals surface area contributed by atoms with Crippen molar-refractivity contribution in [3.8, 4) is 5.75 Å². The van der Waals surface area contributed by atoms with Crippen molar-refractivity contribution in [2.24, 2.45) is 17.3 Å². The fourth-order valence-electron chi connectivity index (χ4n) is 5.54. The Morgan fingerprint density at radius 3 is 2.26 bits per heavy atom. The first kappa shape index (κ1) is 22.7. The number of anilines is 2. The Kier molecular flexibility index (Phi) is 5.13. The molecule has 0 N–H and O–H groups in total. The van der Waals surface area contributed by atoms with Crippen LogP contribution in [0, 0.1) is 17.3 Å². The van der Waals surface area contributed by atoms with E-state index in [0.717, 1.165) is 16.8 Å². The summed E-state index contributed by atoms with van der Waals surface area (Å²) in [6.07, 6.45) is 2.01. The molecule has 3 heterocycles. The number of benzene rings is 2. The van der Waals surface area contributed by atoms with Crippen molar-refractivity contribution in [2.45, 2.75) is 39.8 Å². The molecule has 0 aromatic heterocycles. The molecular formula is C27H27ClN2O4. The summed E-state index contributed by atoms with van der Waals surface area (Å²) in [4.78, 5) is 44.7. The zero-order valence-electron chi connectivity index (χ0n) is 19.8. The van der Waals surface area contributed by atoms with E-state index in [1.807, 2.05) is 50.8 Å². The first-order chi connectivity index (χ1) is 16.0. The number of hydrogen-bond donors (Lipinski definition) is 0. The molecule has 0 aliphatic carbocycles. The van der Waals surface area contributed by atoms with Crippen LogP contribution in [0.15, 0.2) is 48.5 Å². The number of methoxy groups -OCH3 is 1. The van der Waals surface area contributed by atoms with Gasteiger partial charge in [0.15, 0.2) is 5.78 Å². The van der Waals surface area contributed by atoms with Gasteiger partial charge in [-0.05, 0) is 55.0 Å². The highest BCUT2D eigenvalue weighted by molar-refractivity contribution is 6.31. The number of hydrogen-bond acceptors (Lipinski definition) is 5. The molecule has 34 heavy (non-hydrogen) atoms. The highest BCUT2D eigenvalue weighted by Crippen LogP contribution is 2.52. The molecule has 2 saturated heterocycles. The summed E-state index contributed by atoms with van der Waals surface area (Å²) in [6.45, 7) is 7.54. The minimum atomic E-state index is -0.767. The number of carbonyl (C=O) groups excluding carboxylic acids is 3. The van der Waals surface area contributed by atoms with Crippen LogP contribution >= 0.6 is 11.6 Å². The van der Waals surface area contributed by atoms with E-state index < -0.39 is 29.3 Å². The number of carbonyl (C=O) groups is 3. The second-order valence-electron chi connectivity index (χ2n) is 10.2. The maximum absolute atomic E-state index is 13.8. The van der Waals surface area contributed by atoms with Crippen molar-refractivity contribution in [3.05, 3.63) is 59.1 Å². The number of halogens is 1. The van der Waals surface area contributed by atoms with Gasteiger partial charge in [0.2, 0.25) is 11.8 Å². The summed E-state index contributed by atoms with van der Waals surface area (Å²) in [5, 5.41) is 0.598. The summed E-state index contributed by atoms with van der Waals surface area (Å²) >= 11 is 6.27. The van der Waals surface area contributed by atoms with Gasteiger partial charge in [-0.2, -0.15) is 0 Å². The standard InChI is InChI=1S/C27H27ClN2O4/c1-14-12-20-21-22(26(33)29(25(21)32)16-7-9-17(34-5)10-8-16)23(24(31)27(2,3)4)30(20)19-11-6-15(28)13-18(14)19/h6-13,20-23H,1-5H3/t20-,21-,22-,23+/m0/s1. The van der Waals surface area contributed by atoms with E-state index in [1.165, 1.54) is 4.90 Å². The number of allylic oxidation sites excluding steroid dienone is 1. The van der Waals surface area contributed by atoms with Crippen LogP contribution in [0.3, 0.4) is 0 Å². The number of ether oxygens (including phenoxy) is 1. The number of amides is 2. The zero-order chi connectivity index (χ0) is 24.5. The molecular weight excluding hydrogens is 452 g/mol. The molecule has 2 fully saturated rings. The highest BCUT2D eigenvalue weighted by Gasteiger charge is 2.65. The molecule has 4 atom stereocenters. The third kappa shape index (κ3) is 3.19. The Hall–Kier alpha value is -3.12. The lowest BCUT2D eigenvalue weighted by atomic mass is 9.79. The van der Waals surface area contributed by atoms with Gasteiger partial charge in [0, 0.05) is 21.7 Å². The van der Waals surface area contributed by atoms with Crippen molar-refractivity contribution in [3.63, 3.8) is 0 Å². The maximum atomic E-state index is 13.8. The molecule has 2 amide bonds. The number of nitrogens with zero attached hydrogens (tertiary/aromatic N) is 2. The Labute approximate surface area is 204 Å². The SMILES string of the molecule is COc1ccc(N2C(=O)[C@@H]3[C@H](C2=O)[C@H](C(=O)C(C)(C)C)N2c4ccc(Cl)cc4C(C)=C[C@@H]32)cc1. The molecule has 7 heteroatoms. The minimum Gasteiger partial charge on any atom is -0.497 e. The Balaban J connectivity index is 1.66. The summed E-state index contributed by atoms with van der Waals surface area (Å²) in [7, 11) is 1.56. The molecule has 3 aliphatic heterocycles. The lowest BCUT2D eigenvalue weighted by Gasteiger charge is -2.39. The van der Waals surface area contributed by atoms with E-state index in [9.17, 15) is 14.4 Å². The Morgan fingerprint density at radius 2 is 1.65 bits per heavy atom. The predicted octanol–water partition coefficient (Wildman–Crippen LogP) is 4.74. The van der Waals surface area contributed by atoms with Gasteiger partial charge >= 0.3 is 0 Å². The molecule has 0 bridgehead atoms. The van der Waals surface area contributed by atoms with E-state index in [1.54, 1.807) is 37.4 Å². The topological polar surface area (TPSA) is 66.9 Å². The lowest BCUT2D eigenvalue weighted by molar-refractivity contribution is -0.132. The van der Waals surface area contributed by atoms with E-state index >= 15 is 0 Å². The fourth-order valence-corrected chi connectivity index (χ4v) is 5.72. The van der Waals surface area contributed by atoms with E-state index in [4.69, 9.17) is 16.3 Å². The normalized spacial score (nSPS) is 25.6. The Bertz CT molecular complexity index is 1240. The molecule has 6 nitrogen and oxygen atoms in total. The first-order valence-electron chi connectivity index (χ1n) is 11.4. The van der Waals surface area contributed by atoms with Gasteiger partial charge in [0.05, 0.1) is 30.7 Å². The average molecular weight is 479 g/mol. The van der Waals surface area contributed by atoms with Crippen LogP contribution in [-0.4, -0.2) is 36.8 Å². The number of fused-ring (bicyclic) bond motifs is 5. The third-order valence-electron chi connectivity index (χ3n) is 7.15. The maximum Gasteiger partial charge on any atom is 0.240 e. The van der Waals surface area contributed by atoms with Crippen LogP contribution in [0.1, 0.15) is 33.3 Å². The molecule has 0 radical (unpaired) electrons. The second kappa shape index (κ2) is 7.70. The van der Waals surface area contributed by atoms with Crippen molar-refractivity contribution in [2.75, 3.05) is 16.9 Å². The Morgan fingerprint density at radius 1 is 1.00 bits per heavy atom. The van der Waals surface area contributed by atoms with Crippen LogP contribution in [-0.2, 0) is 14.4 Å². The second-order valence-corrected chi connectivity index (χ2v) is 10.7. The molecule has 2 aromatic carbocycles.